The highest BCUT2D eigenvalue weighted by Gasteiger charge is 2.57. The molecule has 3 fully saturated rings. The maximum Gasteiger partial charge on any atom is 0.409 e. The van der Waals surface area contributed by atoms with E-state index in [0.29, 0.717) is 16.9 Å². The van der Waals surface area contributed by atoms with E-state index in [1.165, 1.54) is 6.20 Å². The molecule has 7 rings (SSSR count). The monoisotopic (exact) mass is 639 g/mol. The molecule has 3 N–H and O–H groups in total. The first-order valence-corrected chi connectivity index (χ1v) is 15.1. The molecule has 0 radical (unpaired) electrons. The summed E-state index contributed by atoms with van der Waals surface area (Å²) in [6, 6.07) is 9.72. The summed E-state index contributed by atoms with van der Waals surface area (Å²) < 4.78 is 64.4. The number of amides is 2. The molecule has 0 spiro atoms. The fourth-order valence-corrected chi connectivity index (χ4v) is 6.54. The Morgan fingerprint density at radius 1 is 0.978 bits per heavy atom. The van der Waals surface area contributed by atoms with Crippen LogP contribution in [0.3, 0.4) is 0 Å². The zero-order valence-electron chi connectivity index (χ0n) is 25.0. The number of urea groups is 1. The van der Waals surface area contributed by atoms with E-state index in [2.05, 4.69) is 47.6 Å². The molecule has 2 aromatic heterocycles. The van der Waals surface area contributed by atoms with Crippen molar-refractivity contribution in [1.29, 1.82) is 0 Å². The summed E-state index contributed by atoms with van der Waals surface area (Å²) >= 11 is 0. The minimum atomic E-state index is -4.75. The maximum absolute atomic E-state index is 14.8. The largest absolute Gasteiger partial charge is 0.409 e. The molecule has 3 aliphatic rings. The van der Waals surface area contributed by atoms with E-state index in [9.17, 15) is 22.4 Å². The Morgan fingerprint density at radius 2 is 1.65 bits per heavy atom. The van der Waals surface area contributed by atoms with E-state index >= 15 is 0 Å². The molecule has 5 heterocycles. The van der Waals surface area contributed by atoms with Crippen molar-refractivity contribution in [1.82, 2.24) is 30.0 Å². The average Bonchev–Trinajstić information content (AvgIpc) is 3.57. The van der Waals surface area contributed by atoms with Crippen molar-refractivity contribution in [3.8, 4) is 11.4 Å². The molecular formula is C31H33F4N9O2. The number of aromatic amines is 1. The smallest absolute Gasteiger partial charge is 0.378 e. The number of nitrogens with zero attached hydrogens (tertiary/aromatic N) is 6. The number of fused-ring (bicyclic) bond motifs is 3. The van der Waals surface area contributed by atoms with Gasteiger partial charge in [0.2, 0.25) is 0 Å². The molecule has 2 amide bonds. The second-order valence-electron chi connectivity index (χ2n) is 12.0. The van der Waals surface area contributed by atoms with Gasteiger partial charge in [-0.3, -0.25) is 10.00 Å². The Morgan fingerprint density at radius 3 is 2.30 bits per heavy atom. The number of morpholine rings is 1. The Balaban J connectivity index is 1.08. The zero-order valence-corrected chi connectivity index (χ0v) is 25.0. The van der Waals surface area contributed by atoms with Crippen molar-refractivity contribution < 1.29 is 27.1 Å². The first-order chi connectivity index (χ1) is 22.1. The van der Waals surface area contributed by atoms with Crippen LogP contribution in [0.25, 0.3) is 22.4 Å². The molecule has 4 atom stereocenters. The van der Waals surface area contributed by atoms with E-state index in [4.69, 9.17) is 4.74 Å². The summed E-state index contributed by atoms with van der Waals surface area (Å²) in [7, 11) is 2.10. The molecule has 3 aliphatic heterocycles. The second-order valence-corrected chi connectivity index (χ2v) is 12.0. The number of likely N-dealkylation sites (N-methyl/N-ethyl adjacent to an activating group) is 1. The molecule has 242 valence electrons. The summed E-state index contributed by atoms with van der Waals surface area (Å²) in [5.74, 6) is 0.0369. The van der Waals surface area contributed by atoms with Gasteiger partial charge >= 0.3 is 12.2 Å². The van der Waals surface area contributed by atoms with Crippen LogP contribution in [-0.2, 0) is 4.74 Å². The van der Waals surface area contributed by atoms with Gasteiger partial charge in [-0.2, -0.15) is 18.3 Å². The average molecular weight is 640 g/mol. The number of carbonyl (C=O) groups is 1. The summed E-state index contributed by atoms with van der Waals surface area (Å²) in [5.41, 5.74) is 2.45. The number of H-pyrrole nitrogens is 1. The van der Waals surface area contributed by atoms with Crippen LogP contribution in [0.2, 0.25) is 0 Å². The third-order valence-corrected chi connectivity index (χ3v) is 8.92. The van der Waals surface area contributed by atoms with Crippen LogP contribution in [0.4, 0.5) is 39.4 Å². The lowest BCUT2D eigenvalue weighted by Crippen LogP contribution is -2.53. The van der Waals surface area contributed by atoms with Crippen LogP contribution in [0.1, 0.15) is 18.2 Å². The molecule has 11 nitrogen and oxygen atoms in total. The Bertz CT molecular complexity index is 1690. The SMILES string of the molecule is CN1CCN(c2ccc(NC(=O)Nc3ccc(-c4nc(C(N5C6COCC5C(F)C6)C(F)(F)F)c5cn[nH]c5n4)cc3)cc2)CC1. The van der Waals surface area contributed by atoms with Crippen LogP contribution in [0.15, 0.2) is 54.7 Å². The standard InChI is InChI=1S/C31H33F4N9O2/c1-42-10-12-43(13-11-42)21-8-6-20(7-9-21)38-30(45)37-19-4-2-18(3-5-19)28-39-26(23-15-36-41-29(23)40-28)27(31(33,34)35)44-22-14-24(32)25(44)17-46-16-22/h2-9,15,22,24-25,27H,10-14,16-17H2,1H3,(H2,37,38,45)(H,36,39,40,41). The Kier molecular flexibility index (Phi) is 7.98. The van der Waals surface area contributed by atoms with Crippen LogP contribution in [0.5, 0.6) is 0 Å². The van der Waals surface area contributed by atoms with E-state index < -0.39 is 36.5 Å². The number of halogens is 4. The lowest BCUT2D eigenvalue weighted by Gasteiger charge is -2.40. The van der Waals surface area contributed by atoms with Gasteiger partial charge in [-0.1, -0.05) is 0 Å². The minimum absolute atomic E-state index is 0.0138. The predicted molar refractivity (Wildman–Crippen MR) is 164 cm³/mol. The summed E-state index contributed by atoms with van der Waals surface area (Å²) in [5, 5.41) is 12.3. The first kappa shape index (κ1) is 30.3. The quantitative estimate of drug-likeness (QED) is 0.257. The van der Waals surface area contributed by atoms with Gasteiger partial charge in [0.05, 0.1) is 36.5 Å². The normalized spacial score (nSPS) is 23.1. The van der Waals surface area contributed by atoms with E-state index in [-0.39, 0.29) is 42.2 Å². The summed E-state index contributed by atoms with van der Waals surface area (Å²) in [6.45, 7) is 3.77. The lowest BCUT2D eigenvalue weighted by atomic mass is 10.0. The number of anilines is 3. The Labute approximate surface area is 261 Å². The zero-order chi connectivity index (χ0) is 32.0. The van der Waals surface area contributed by atoms with Crippen molar-refractivity contribution in [3.63, 3.8) is 0 Å². The van der Waals surface area contributed by atoms with Crippen molar-refractivity contribution in [2.45, 2.75) is 36.9 Å². The molecule has 4 unspecified atom stereocenters. The second kappa shape index (κ2) is 12.1. The van der Waals surface area contributed by atoms with Gasteiger partial charge in [-0.25, -0.2) is 19.2 Å². The number of aromatic nitrogens is 4. The van der Waals surface area contributed by atoms with Crippen molar-refractivity contribution in [3.05, 3.63) is 60.4 Å². The topological polar surface area (TPSA) is 115 Å². The number of piperazine rings is 1. The predicted octanol–water partition coefficient (Wildman–Crippen LogP) is 4.83. The third kappa shape index (κ3) is 5.97. The highest BCUT2D eigenvalue weighted by Crippen LogP contribution is 2.47. The summed E-state index contributed by atoms with van der Waals surface area (Å²) in [6.07, 6.45) is -4.96. The molecule has 0 aliphatic carbocycles. The molecule has 3 saturated heterocycles. The van der Waals surface area contributed by atoms with Crippen molar-refractivity contribution >= 4 is 34.1 Å². The fourth-order valence-electron chi connectivity index (χ4n) is 6.54. The van der Waals surface area contributed by atoms with Gasteiger partial charge in [0, 0.05) is 54.8 Å². The minimum Gasteiger partial charge on any atom is -0.378 e. The molecule has 0 saturated carbocycles. The number of benzene rings is 2. The van der Waals surface area contributed by atoms with Crippen LogP contribution in [0, 0.1) is 0 Å². The molecule has 15 heteroatoms. The van der Waals surface area contributed by atoms with Gasteiger partial charge in [0.15, 0.2) is 17.5 Å². The molecule has 46 heavy (non-hydrogen) atoms. The molecule has 2 bridgehead atoms. The molecule has 4 aromatic rings. The fraction of sp³-hybridized carbons (Fsp3) is 0.419. The maximum atomic E-state index is 14.8. The summed E-state index contributed by atoms with van der Waals surface area (Å²) in [4.78, 5) is 27.3. The highest BCUT2D eigenvalue weighted by atomic mass is 19.4. The van der Waals surface area contributed by atoms with Crippen LogP contribution < -0.4 is 15.5 Å². The first-order valence-electron chi connectivity index (χ1n) is 15.1. The van der Waals surface area contributed by atoms with Gasteiger partial charge in [-0.05, 0) is 62.0 Å². The highest BCUT2D eigenvalue weighted by molar-refractivity contribution is 6.00. The number of nitrogens with one attached hydrogen (secondary N) is 3. The number of hydrogen-bond donors (Lipinski definition) is 3. The van der Waals surface area contributed by atoms with E-state index in [1.54, 1.807) is 24.3 Å². The molecular weight excluding hydrogens is 606 g/mol. The number of alkyl halides is 4. The Hall–Kier alpha value is -4.34. The number of hydrogen-bond acceptors (Lipinski definition) is 8. The van der Waals surface area contributed by atoms with Gasteiger partial charge in [0.25, 0.3) is 0 Å². The van der Waals surface area contributed by atoms with Gasteiger partial charge in [-0.15, -0.1) is 0 Å². The van der Waals surface area contributed by atoms with Gasteiger partial charge in [0.1, 0.15) is 6.17 Å². The number of carbonyl (C=O) groups excluding carboxylic acids is 1. The van der Waals surface area contributed by atoms with E-state index in [0.717, 1.165) is 36.8 Å². The van der Waals surface area contributed by atoms with Crippen LogP contribution in [-0.4, -0.2) is 107 Å². The number of rotatable bonds is 6. The van der Waals surface area contributed by atoms with Crippen molar-refractivity contribution in [2.75, 3.05) is 62.0 Å². The van der Waals surface area contributed by atoms with Gasteiger partial charge < -0.3 is 25.2 Å². The third-order valence-electron chi connectivity index (χ3n) is 8.92. The van der Waals surface area contributed by atoms with E-state index in [1.807, 2.05) is 24.3 Å². The van der Waals surface area contributed by atoms with Crippen LogP contribution >= 0.6 is 0 Å². The van der Waals surface area contributed by atoms with Crippen molar-refractivity contribution in [2.24, 2.45) is 0 Å². The lowest BCUT2D eigenvalue weighted by molar-refractivity contribution is -0.208. The molecule has 2 aromatic carbocycles. The number of ether oxygens (including phenoxy) is 1.